The fraction of sp³-hybridized carbons (Fsp3) is 0.250. The second kappa shape index (κ2) is 15.7. The van der Waals surface area contributed by atoms with Gasteiger partial charge in [-0.05, 0) is 78.3 Å². The molecule has 3 aromatic rings. The van der Waals surface area contributed by atoms with Gasteiger partial charge in [0.15, 0.2) is 0 Å². The van der Waals surface area contributed by atoms with Crippen molar-refractivity contribution in [3.05, 3.63) is 98.1 Å². The van der Waals surface area contributed by atoms with Crippen molar-refractivity contribution < 1.29 is 28.5 Å². The van der Waals surface area contributed by atoms with E-state index in [0.29, 0.717) is 26.4 Å². The zero-order valence-corrected chi connectivity index (χ0v) is 21.6. The van der Waals surface area contributed by atoms with Crippen LogP contribution in [-0.4, -0.2) is 38.4 Å². The Morgan fingerprint density at radius 3 is 1.34 bits per heavy atom. The molecule has 3 aromatic carbocycles. The average Bonchev–Trinajstić information content (AvgIpc) is 2.97. The summed E-state index contributed by atoms with van der Waals surface area (Å²) in [6.45, 7) is 8.61. The molecule has 0 saturated carbocycles. The maximum Gasteiger partial charge on any atom is 0.330 e. The van der Waals surface area contributed by atoms with Crippen LogP contribution in [0, 0.1) is 0 Å². The van der Waals surface area contributed by atoms with E-state index in [-0.39, 0.29) is 0 Å². The van der Waals surface area contributed by atoms with E-state index in [1.54, 1.807) is 0 Å². The first-order valence-electron chi connectivity index (χ1n) is 12.7. The Kier molecular flexibility index (Phi) is 11.7. The molecule has 0 radical (unpaired) electrons. The summed E-state index contributed by atoms with van der Waals surface area (Å²) >= 11 is 0. The number of hydrogen-bond donors (Lipinski definition) is 0. The molecule has 0 bridgehead atoms. The summed E-state index contributed by atoms with van der Waals surface area (Å²) in [6, 6.07) is 24.5. The summed E-state index contributed by atoms with van der Waals surface area (Å²) in [4.78, 5) is 22.0. The molecule has 0 amide bonds. The van der Waals surface area contributed by atoms with Crippen LogP contribution in [0.2, 0.25) is 0 Å². The molecular formula is C32H34O6. The van der Waals surface area contributed by atoms with Gasteiger partial charge in [0.05, 0.1) is 26.4 Å². The molecule has 0 N–H and O–H groups in total. The summed E-state index contributed by atoms with van der Waals surface area (Å²) in [5, 5.41) is 0. The van der Waals surface area contributed by atoms with E-state index in [1.807, 2.05) is 24.3 Å². The molecule has 0 heterocycles. The minimum absolute atomic E-state index is 0.371. The number of rotatable bonds is 16. The number of carbonyl (C=O) groups excluding carboxylic acids is 2. The standard InChI is InChI=1S/C32H34O6/c1-3-31(33)37-22-7-5-20-35-29-16-12-25(13-17-29)27-10-9-11-28(24-27)26-14-18-30(19-15-26)36-21-6-8-23-38-32(34)4-2/h3-4,9-19,24H,1-2,5-8,20-23H2. The summed E-state index contributed by atoms with van der Waals surface area (Å²) in [5.74, 6) is 0.818. The lowest BCUT2D eigenvalue weighted by Gasteiger charge is -2.10. The van der Waals surface area contributed by atoms with Crippen LogP contribution in [0.25, 0.3) is 22.3 Å². The minimum atomic E-state index is -0.398. The van der Waals surface area contributed by atoms with Crippen LogP contribution in [-0.2, 0) is 19.1 Å². The maximum absolute atomic E-state index is 11.0. The zero-order valence-electron chi connectivity index (χ0n) is 21.6. The Labute approximate surface area is 224 Å². The molecule has 0 aliphatic carbocycles. The minimum Gasteiger partial charge on any atom is -0.494 e. The molecule has 0 aromatic heterocycles. The number of ether oxygens (including phenoxy) is 4. The van der Waals surface area contributed by atoms with Crippen LogP contribution >= 0.6 is 0 Å². The fourth-order valence-electron chi connectivity index (χ4n) is 3.62. The van der Waals surface area contributed by atoms with Crippen LogP contribution in [0.15, 0.2) is 98.1 Å². The van der Waals surface area contributed by atoms with Gasteiger partial charge in [-0.3, -0.25) is 0 Å². The van der Waals surface area contributed by atoms with Crippen molar-refractivity contribution in [1.29, 1.82) is 0 Å². The summed E-state index contributed by atoms with van der Waals surface area (Å²) < 4.78 is 21.5. The van der Waals surface area contributed by atoms with Crippen molar-refractivity contribution in [3.8, 4) is 33.8 Å². The topological polar surface area (TPSA) is 71.1 Å². The largest absolute Gasteiger partial charge is 0.494 e. The van der Waals surface area contributed by atoms with Gasteiger partial charge in [0, 0.05) is 12.2 Å². The van der Waals surface area contributed by atoms with E-state index in [9.17, 15) is 9.59 Å². The average molecular weight is 515 g/mol. The summed E-state index contributed by atoms with van der Waals surface area (Å²) in [7, 11) is 0. The van der Waals surface area contributed by atoms with E-state index < -0.39 is 11.9 Å². The van der Waals surface area contributed by atoms with Gasteiger partial charge in [-0.15, -0.1) is 0 Å². The monoisotopic (exact) mass is 514 g/mol. The highest BCUT2D eigenvalue weighted by molar-refractivity contribution is 5.81. The number of unbranched alkanes of at least 4 members (excludes halogenated alkanes) is 2. The molecule has 198 valence electrons. The highest BCUT2D eigenvalue weighted by atomic mass is 16.5. The SMILES string of the molecule is C=CC(=O)OCCCCOc1ccc(-c2cccc(-c3ccc(OCCCCOC(=O)C=C)cc3)c2)cc1. The Hall–Kier alpha value is -4.32. The van der Waals surface area contributed by atoms with Crippen LogP contribution < -0.4 is 9.47 Å². The lowest BCUT2D eigenvalue weighted by atomic mass is 9.99. The number of carbonyl (C=O) groups is 2. The number of benzene rings is 3. The quantitative estimate of drug-likeness (QED) is 0.119. The van der Waals surface area contributed by atoms with E-state index >= 15 is 0 Å². The van der Waals surface area contributed by atoms with Gasteiger partial charge in [0.25, 0.3) is 0 Å². The first kappa shape index (κ1) is 28.3. The summed E-state index contributed by atoms with van der Waals surface area (Å²) in [5.41, 5.74) is 4.45. The van der Waals surface area contributed by atoms with Crippen molar-refractivity contribution in [2.24, 2.45) is 0 Å². The molecule has 6 nitrogen and oxygen atoms in total. The first-order valence-corrected chi connectivity index (χ1v) is 12.7. The van der Waals surface area contributed by atoms with Crippen molar-refractivity contribution in [2.75, 3.05) is 26.4 Å². The van der Waals surface area contributed by atoms with Gasteiger partial charge in [0.2, 0.25) is 0 Å². The third-order valence-electron chi connectivity index (χ3n) is 5.67. The van der Waals surface area contributed by atoms with E-state index in [4.69, 9.17) is 18.9 Å². The molecule has 0 unspecified atom stereocenters. The second-order valence-electron chi connectivity index (χ2n) is 8.48. The van der Waals surface area contributed by atoms with Crippen molar-refractivity contribution >= 4 is 11.9 Å². The lowest BCUT2D eigenvalue weighted by Crippen LogP contribution is -2.04. The molecule has 0 aliphatic rings. The van der Waals surface area contributed by atoms with Gasteiger partial charge < -0.3 is 18.9 Å². The molecule has 0 saturated heterocycles. The van der Waals surface area contributed by atoms with Crippen LogP contribution in [0.3, 0.4) is 0 Å². The Bertz CT molecular complexity index is 1090. The number of esters is 2. The molecule has 0 atom stereocenters. The molecular weight excluding hydrogens is 480 g/mol. The fourth-order valence-corrected chi connectivity index (χ4v) is 3.62. The molecule has 38 heavy (non-hydrogen) atoms. The zero-order chi connectivity index (χ0) is 27.0. The normalized spacial score (nSPS) is 10.3. The predicted octanol–water partition coefficient (Wildman–Crippen LogP) is 6.80. The lowest BCUT2D eigenvalue weighted by molar-refractivity contribution is -0.138. The maximum atomic E-state index is 11.0. The van der Waals surface area contributed by atoms with E-state index in [1.165, 1.54) is 12.2 Å². The van der Waals surface area contributed by atoms with Crippen LogP contribution in [0.5, 0.6) is 11.5 Å². The molecule has 0 fully saturated rings. The van der Waals surface area contributed by atoms with Gasteiger partial charge in [-0.1, -0.05) is 55.6 Å². The van der Waals surface area contributed by atoms with Crippen LogP contribution in [0.4, 0.5) is 0 Å². The third kappa shape index (κ3) is 9.62. The highest BCUT2D eigenvalue weighted by Crippen LogP contribution is 2.29. The second-order valence-corrected chi connectivity index (χ2v) is 8.48. The van der Waals surface area contributed by atoms with Gasteiger partial charge in [-0.25, -0.2) is 9.59 Å². The molecule has 6 heteroatoms. The smallest absolute Gasteiger partial charge is 0.330 e. The van der Waals surface area contributed by atoms with E-state index in [0.717, 1.165) is 59.4 Å². The third-order valence-corrected chi connectivity index (χ3v) is 5.67. The van der Waals surface area contributed by atoms with Gasteiger partial charge in [-0.2, -0.15) is 0 Å². The predicted molar refractivity (Wildman–Crippen MR) is 149 cm³/mol. The first-order chi connectivity index (χ1) is 18.6. The molecule has 3 rings (SSSR count). The molecule has 0 aliphatic heterocycles. The Morgan fingerprint density at radius 2 is 0.947 bits per heavy atom. The van der Waals surface area contributed by atoms with Gasteiger partial charge in [0.1, 0.15) is 11.5 Å². The van der Waals surface area contributed by atoms with Gasteiger partial charge >= 0.3 is 11.9 Å². The van der Waals surface area contributed by atoms with Crippen LogP contribution in [0.1, 0.15) is 25.7 Å². The van der Waals surface area contributed by atoms with Crippen molar-refractivity contribution in [2.45, 2.75) is 25.7 Å². The highest BCUT2D eigenvalue weighted by Gasteiger charge is 2.04. The Balaban J connectivity index is 1.46. The van der Waals surface area contributed by atoms with Crippen molar-refractivity contribution in [3.63, 3.8) is 0 Å². The molecule has 0 spiro atoms. The van der Waals surface area contributed by atoms with Crippen molar-refractivity contribution in [1.82, 2.24) is 0 Å². The van der Waals surface area contributed by atoms with E-state index in [2.05, 4.69) is 61.7 Å². The Morgan fingerprint density at radius 1 is 0.553 bits per heavy atom. The summed E-state index contributed by atoms with van der Waals surface area (Å²) in [6.07, 6.45) is 5.41. The number of hydrogen-bond acceptors (Lipinski definition) is 6.